The van der Waals surface area contributed by atoms with Crippen molar-refractivity contribution in [1.29, 1.82) is 0 Å². The summed E-state index contributed by atoms with van der Waals surface area (Å²) < 4.78 is 7.14. The fraction of sp³-hybridized carbons (Fsp3) is 0.571. The van der Waals surface area contributed by atoms with Gasteiger partial charge in [0.05, 0.1) is 24.1 Å². The van der Waals surface area contributed by atoms with E-state index in [1.54, 1.807) is 6.26 Å². The number of nitrogens with zero attached hydrogens (tertiary/aromatic N) is 4. The van der Waals surface area contributed by atoms with Crippen molar-refractivity contribution in [3.05, 3.63) is 24.2 Å². The minimum atomic E-state index is -0.145. The molecular formula is C14H19N5O2S. The first-order valence-corrected chi connectivity index (χ1v) is 8.46. The lowest BCUT2D eigenvalue weighted by atomic mass is 10.2. The number of hydrogen-bond donors (Lipinski definition) is 1. The summed E-state index contributed by atoms with van der Waals surface area (Å²) in [6.07, 6.45) is 6.26. The van der Waals surface area contributed by atoms with E-state index < -0.39 is 0 Å². The number of amides is 1. The molecule has 1 saturated carbocycles. The average Bonchev–Trinajstić information content (AvgIpc) is 3.24. The van der Waals surface area contributed by atoms with Crippen LogP contribution < -0.4 is 5.32 Å². The van der Waals surface area contributed by atoms with Crippen molar-refractivity contribution in [2.24, 2.45) is 0 Å². The Labute approximate surface area is 132 Å². The van der Waals surface area contributed by atoms with Crippen LogP contribution in [0.25, 0.3) is 0 Å². The third-order valence-corrected chi connectivity index (χ3v) is 4.75. The normalized spacial score (nSPS) is 16.8. The number of hydrogen-bond acceptors (Lipinski definition) is 6. The van der Waals surface area contributed by atoms with Crippen molar-refractivity contribution < 1.29 is 9.21 Å². The number of rotatable bonds is 6. The molecule has 1 atom stereocenters. The molecule has 1 aliphatic rings. The maximum absolute atomic E-state index is 12.0. The molecule has 0 aromatic carbocycles. The number of carbonyl (C=O) groups is 1. The van der Waals surface area contributed by atoms with Crippen LogP contribution in [0.1, 0.15) is 50.5 Å². The van der Waals surface area contributed by atoms with E-state index in [-0.39, 0.29) is 17.7 Å². The molecule has 2 heterocycles. The molecule has 1 amide bonds. The van der Waals surface area contributed by atoms with Crippen LogP contribution in [0.15, 0.2) is 28.0 Å². The average molecular weight is 321 g/mol. The van der Waals surface area contributed by atoms with Gasteiger partial charge in [-0.25, -0.2) is 4.68 Å². The second-order valence-corrected chi connectivity index (χ2v) is 6.38. The number of thioether (sulfide) groups is 1. The van der Waals surface area contributed by atoms with E-state index in [0.717, 1.165) is 18.6 Å². The van der Waals surface area contributed by atoms with E-state index in [9.17, 15) is 4.79 Å². The summed E-state index contributed by atoms with van der Waals surface area (Å²) in [4.78, 5) is 12.0. The minimum absolute atomic E-state index is 0.0603. The number of tetrazole rings is 1. The van der Waals surface area contributed by atoms with Crippen molar-refractivity contribution in [1.82, 2.24) is 25.5 Å². The molecule has 1 fully saturated rings. The highest BCUT2D eigenvalue weighted by Gasteiger charge is 2.22. The van der Waals surface area contributed by atoms with E-state index in [2.05, 4.69) is 20.8 Å². The monoisotopic (exact) mass is 321 g/mol. The number of furan rings is 1. The van der Waals surface area contributed by atoms with Crippen LogP contribution in [-0.2, 0) is 4.79 Å². The van der Waals surface area contributed by atoms with Gasteiger partial charge < -0.3 is 9.73 Å². The van der Waals surface area contributed by atoms with Crippen LogP contribution >= 0.6 is 11.8 Å². The van der Waals surface area contributed by atoms with Gasteiger partial charge in [0.15, 0.2) is 0 Å². The van der Waals surface area contributed by atoms with Crippen molar-refractivity contribution in [3.8, 4) is 0 Å². The van der Waals surface area contributed by atoms with Crippen LogP contribution in [0.4, 0.5) is 0 Å². The fourth-order valence-corrected chi connectivity index (χ4v) is 3.44. The van der Waals surface area contributed by atoms with Crippen molar-refractivity contribution in [2.45, 2.75) is 49.8 Å². The first-order valence-electron chi connectivity index (χ1n) is 7.47. The molecule has 8 heteroatoms. The summed E-state index contributed by atoms with van der Waals surface area (Å²) in [7, 11) is 0. The zero-order valence-electron chi connectivity index (χ0n) is 12.4. The van der Waals surface area contributed by atoms with Crippen LogP contribution in [0, 0.1) is 0 Å². The highest BCUT2D eigenvalue weighted by Crippen LogP contribution is 2.31. The standard InChI is InChI=1S/C14H19N5O2S/c1-10(12-7-4-8-21-12)15-13(20)9-22-14-16-17-18-19(14)11-5-2-3-6-11/h4,7-8,10-11H,2-3,5-6,9H2,1H3,(H,15,20)/t10-/m0/s1. The zero-order valence-corrected chi connectivity index (χ0v) is 13.3. The maximum Gasteiger partial charge on any atom is 0.231 e. The second-order valence-electron chi connectivity index (χ2n) is 5.44. The van der Waals surface area contributed by atoms with Crippen LogP contribution in [0.2, 0.25) is 0 Å². The Morgan fingerprint density at radius 3 is 3.09 bits per heavy atom. The highest BCUT2D eigenvalue weighted by molar-refractivity contribution is 7.99. The summed E-state index contributed by atoms with van der Waals surface area (Å²) in [5.41, 5.74) is 0. The molecule has 118 valence electrons. The second kappa shape index (κ2) is 6.95. The Hall–Kier alpha value is -1.83. The van der Waals surface area contributed by atoms with E-state index in [4.69, 9.17) is 4.42 Å². The first kappa shape index (κ1) is 15.1. The van der Waals surface area contributed by atoms with Gasteiger partial charge >= 0.3 is 0 Å². The summed E-state index contributed by atoms with van der Waals surface area (Å²) >= 11 is 1.37. The number of aromatic nitrogens is 4. The Bertz CT molecular complexity index is 607. The van der Waals surface area contributed by atoms with Gasteiger partial charge in [-0.3, -0.25) is 4.79 Å². The molecular weight excluding hydrogens is 302 g/mol. The topological polar surface area (TPSA) is 85.8 Å². The maximum atomic E-state index is 12.0. The zero-order chi connectivity index (χ0) is 15.4. The van der Waals surface area contributed by atoms with Gasteiger partial charge in [-0.15, -0.1) is 5.10 Å². The summed E-state index contributed by atoms with van der Waals surface area (Å²) in [5.74, 6) is 0.974. The van der Waals surface area contributed by atoms with Gasteiger partial charge in [0, 0.05) is 0 Å². The van der Waals surface area contributed by atoms with E-state index in [0.29, 0.717) is 11.2 Å². The first-order chi connectivity index (χ1) is 10.7. The van der Waals surface area contributed by atoms with Gasteiger partial charge in [-0.2, -0.15) is 0 Å². The van der Waals surface area contributed by atoms with Crippen molar-refractivity contribution >= 4 is 17.7 Å². The Morgan fingerprint density at radius 2 is 2.36 bits per heavy atom. The molecule has 7 nitrogen and oxygen atoms in total. The lowest BCUT2D eigenvalue weighted by Gasteiger charge is -2.12. The quantitative estimate of drug-likeness (QED) is 0.822. The van der Waals surface area contributed by atoms with Gasteiger partial charge in [0.2, 0.25) is 11.1 Å². The van der Waals surface area contributed by atoms with Crippen molar-refractivity contribution in [3.63, 3.8) is 0 Å². The van der Waals surface area contributed by atoms with Gasteiger partial charge in [0.1, 0.15) is 5.76 Å². The molecule has 0 unspecified atom stereocenters. The molecule has 0 saturated heterocycles. The molecule has 2 aromatic heterocycles. The molecule has 3 rings (SSSR count). The largest absolute Gasteiger partial charge is 0.467 e. The lowest BCUT2D eigenvalue weighted by Crippen LogP contribution is -2.28. The van der Waals surface area contributed by atoms with Crippen molar-refractivity contribution in [2.75, 3.05) is 5.75 Å². The Kier molecular flexibility index (Phi) is 4.77. The Balaban J connectivity index is 1.52. The van der Waals surface area contributed by atoms with Gasteiger partial charge in [0.25, 0.3) is 0 Å². The molecule has 0 aliphatic heterocycles. The molecule has 0 radical (unpaired) electrons. The third kappa shape index (κ3) is 3.49. The third-order valence-electron chi connectivity index (χ3n) is 3.81. The summed E-state index contributed by atoms with van der Waals surface area (Å²) in [5, 5.41) is 15.5. The van der Waals surface area contributed by atoms with E-state index in [1.807, 2.05) is 23.7 Å². The van der Waals surface area contributed by atoms with Gasteiger partial charge in [-0.05, 0) is 42.3 Å². The van der Waals surface area contributed by atoms with Gasteiger partial charge in [-0.1, -0.05) is 24.6 Å². The highest BCUT2D eigenvalue weighted by atomic mass is 32.2. The van der Waals surface area contributed by atoms with Crippen LogP contribution in [-0.4, -0.2) is 31.9 Å². The summed E-state index contributed by atoms with van der Waals surface area (Å²) in [6.45, 7) is 1.89. The molecule has 0 bridgehead atoms. The molecule has 0 spiro atoms. The number of nitrogens with one attached hydrogen (secondary N) is 1. The van der Waals surface area contributed by atoms with Crippen LogP contribution in [0.5, 0.6) is 0 Å². The smallest absolute Gasteiger partial charge is 0.231 e. The molecule has 2 aromatic rings. The lowest BCUT2D eigenvalue weighted by molar-refractivity contribution is -0.119. The predicted octanol–water partition coefficient (Wildman–Crippen LogP) is 2.35. The molecule has 1 N–H and O–H groups in total. The molecule has 22 heavy (non-hydrogen) atoms. The Morgan fingerprint density at radius 1 is 1.55 bits per heavy atom. The minimum Gasteiger partial charge on any atom is -0.467 e. The number of carbonyl (C=O) groups excluding carboxylic acids is 1. The summed E-state index contributed by atoms with van der Waals surface area (Å²) in [6, 6.07) is 3.89. The predicted molar refractivity (Wildman–Crippen MR) is 81.3 cm³/mol. The fourth-order valence-electron chi connectivity index (χ4n) is 2.68. The molecule has 1 aliphatic carbocycles. The van der Waals surface area contributed by atoms with E-state index >= 15 is 0 Å². The van der Waals surface area contributed by atoms with Crippen LogP contribution in [0.3, 0.4) is 0 Å². The van der Waals surface area contributed by atoms with E-state index in [1.165, 1.54) is 24.6 Å². The SMILES string of the molecule is C[C@H](NC(=O)CSc1nnnn1C1CCCC1)c1ccco1.